The Morgan fingerprint density at radius 1 is 0.800 bits per heavy atom. The third-order valence-electron chi connectivity index (χ3n) is 5.32. The van der Waals surface area contributed by atoms with E-state index in [9.17, 15) is 9.59 Å². The second kappa shape index (κ2) is 11.3. The third kappa shape index (κ3) is 5.58. The second-order valence-corrected chi connectivity index (χ2v) is 9.11. The van der Waals surface area contributed by atoms with Crippen LogP contribution in [0.25, 0.3) is 21.8 Å². The lowest BCUT2D eigenvalue weighted by atomic mass is 10.1. The van der Waals surface area contributed by atoms with Gasteiger partial charge in [0, 0.05) is 16.1 Å². The van der Waals surface area contributed by atoms with Crippen molar-refractivity contribution in [3.8, 4) is 0 Å². The highest BCUT2D eigenvalue weighted by Gasteiger charge is 2.20. The average molecular weight is 578 g/mol. The van der Waals surface area contributed by atoms with Gasteiger partial charge in [0.25, 0.3) is 0 Å². The Morgan fingerprint density at radius 2 is 1.26 bits per heavy atom. The molecule has 4 rings (SSSR count). The van der Waals surface area contributed by atoms with Gasteiger partial charge in [-0.05, 0) is 45.0 Å². The maximum absolute atomic E-state index is 11.8. The Morgan fingerprint density at radius 3 is 1.74 bits per heavy atom. The van der Waals surface area contributed by atoms with Gasteiger partial charge in [-0.25, -0.2) is 9.59 Å². The van der Waals surface area contributed by atoms with E-state index in [1.807, 2.05) is 50.2 Å². The van der Waals surface area contributed by atoms with E-state index < -0.39 is 11.9 Å². The van der Waals surface area contributed by atoms with E-state index in [0.717, 1.165) is 32.9 Å². The molecule has 0 N–H and O–H groups in total. The molecule has 0 fully saturated rings. The number of methoxy groups -OCH3 is 2. The minimum absolute atomic E-state index is 0.328. The summed E-state index contributed by atoms with van der Waals surface area (Å²) in [5, 5.41) is 2.79. The van der Waals surface area contributed by atoms with Crippen molar-refractivity contribution in [1.82, 2.24) is 9.97 Å². The molecule has 0 aliphatic rings. The Labute approximate surface area is 221 Å². The molecule has 2 heterocycles. The summed E-state index contributed by atoms with van der Waals surface area (Å²) >= 11 is 15.9. The highest BCUT2D eigenvalue weighted by Crippen LogP contribution is 2.31. The summed E-state index contributed by atoms with van der Waals surface area (Å²) in [6.07, 6.45) is 0. The van der Waals surface area contributed by atoms with Gasteiger partial charge in [-0.3, -0.25) is 9.97 Å². The first-order valence-corrected chi connectivity index (χ1v) is 12.4. The molecule has 4 aromatic rings. The summed E-state index contributed by atoms with van der Waals surface area (Å²) in [5.41, 5.74) is 5.52. The molecule has 0 aliphatic carbocycles. The molecule has 182 valence electrons. The monoisotopic (exact) mass is 576 g/mol. The third-order valence-corrected chi connectivity index (χ3v) is 6.63. The molecule has 0 bridgehead atoms. The predicted octanol–water partition coefficient (Wildman–Crippen LogP) is 7.17. The summed E-state index contributed by atoms with van der Waals surface area (Å²) in [6, 6.07) is 11.5. The van der Waals surface area contributed by atoms with Crippen LogP contribution in [0.5, 0.6) is 0 Å². The summed E-state index contributed by atoms with van der Waals surface area (Å²) in [4.78, 5) is 32.2. The predicted molar refractivity (Wildman–Crippen MR) is 143 cm³/mol. The fraction of sp³-hybridized carbons (Fsp3) is 0.231. The normalized spacial score (nSPS) is 10.6. The molecule has 0 saturated carbocycles. The van der Waals surface area contributed by atoms with Gasteiger partial charge >= 0.3 is 11.9 Å². The van der Waals surface area contributed by atoms with Gasteiger partial charge in [-0.15, -0.1) is 0 Å². The first-order chi connectivity index (χ1) is 16.6. The van der Waals surface area contributed by atoms with Crippen LogP contribution in [0.1, 0.15) is 43.2 Å². The Bertz CT molecular complexity index is 1460. The lowest BCUT2D eigenvalue weighted by Crippen LogP contribution is -2.08. The van der Waals surface area contributed by atoms with Crippen LogP contribution in [0.2, 0.25) is 10.0 Å². The molecule has 9 heteroatoms. The van der Waals surface area contributed by atoms with Crippen molar-refractivity contribution in [1.29, 1.82) is 0 Å². The lowest BCUT2D eigenvalue weighted by Gasteiger charge is -2.10. The quantitative estimate of drug-likeness (QED) is 0.190. The van der Waals surface area contributed by atoms with E-state index in [2.05, 4.69) is 25.9 Å². The molecule has 0 atom stereocenters. The smallest absolute Gasteiger partial charge is 0.341 e. The van der Waals surface area contributed by atoms with E-state index >= 15 is 0 Å². The van der Waals surface area contributed by atoms with Crippen molar-refractivity contribution in [3.05, 3.63) is 80.1 Å². The first-order valence-electron chi connectivity index (χ1n) is 10.5. The molecule has 0 amide bonds. The number of fused-ring (bicyclic) bond motifs is 2. The van der Waals surface area contributed by atoms with Gasteiger partial charge in [0.05, 0.1) is 46.7 Å². The number of hydrogen-bond donors (Lipinski definition) is 0. The highest BCUT2D eigenvalue weighted by atomic mass is 79.9. The second-order valence-electron chi connectivity index (χ2n) is 7.79. The standard InChI is InChI=1S/C13H11BrClNO2.C13H12ClNO2/c1-7-3-4-9-8(5-7)12(15)11(13(17)18-2)10(6-14)16-9;1-7-4-5-10-9(6-7)12(14)11(8(2)15-10)13(16)17-3/h3-5H,6H2,1-2H3;4-6H,1-3H3. The van der Waals surface area contributed by atoms with Crippen LogP contribution >= 0.6 is 39.1 Å². The molecular weight excluding hydrogens is 555 g/mol. The van der Waals surface area contributed by atoms with Crippen LogP contribution in [-0.2, 0) is 14.8 Å². The Hall–Kier alpha value is -2.74. The number of rotatable bonds is 3. The maximum atomic E-state index is 11.8. The van der Waals surface area contributed by atoms with Crippen molar-refractivity contribution >= 4 is 72.9 Å². The minimum Gasteiger partial charge on any atom is -0.465 e. The van der Waals surface area contributed by atoms with Crippen molar-refractivity contribution in [3.63, 3.8) is 0 Å². The van der Waals surface area contributed by atoms with Crippen LogP contribution in [0.3, 0.4) is 0 Å². The molecule has 35 heavy (non-hydrogen) atoms. The van der Waals surface area contributed by atoms with Crippen LogP contribution < -0.4 is 0 Å². The Kier molecular flexibility index (Phi) is 8.70. The van der Waals surface area contributed by atoms with Gasteiger partial charge in [-0.2, -0.15) is 0 Å². The molecule has 0 aliphatic heterocycles. The van der Waals surface area contributed by atoms with Crippen molar-refractivity contribution in [2.45, 2.75) is 26.1 Å². The van der Waals surface area contributed by atoms with Crippen molar-refractivity contribution in [2.75, 3.05) is 14.2 Å². The molecule has 0 unspecified atom stereocenters. The number of aryl methyl sites for hydroxylation is 3. The van der Waals surface area contributed by atoms with Gasteiger partial charge in [0.2, 0.25) is 0 Å². The SMILES string of the molecule is COC(=O)c1c(C)nc2ccc(C)cc2c1Cl.COC(=O)c1c(CBr)nc2ccc(C)cc2c1Cl. The topological polar surface area (TPSA) is 78.4 Å². The number of hydrogen-bond acceptors (Lipinski definition) is 6. The van der Waals surface area contributed by atoms with Gasteiger partial charge in [0.15, 0.2) is 0 Å². The number of aromatic nitrogens is 2. The molecule has 2 aromatic carbocycles. The number of benzene rings is 2. The number of halogens is 3. The number of esters is 2. The zero-order valence-corrected chi connectivity index (χ0v) is 22.9. The van der Waals surface area contributed by atoms with E-state index in [1.54, 1.807) is 6.92 Å². The van der Waals surface area contributed by atoms with Gasteiger partial charge in [0.1, 0.15) is 11.1 Å². The number of carbonyl (C=O) groups excluding carboxylic acids is 2. The minimum atomic E-state index is -0.467. The highest BCUT2D eigenvalue weighted by molar-refractivity contribution is 9.08. The van der Waals surface area contributed by atoms with E-state index in [4.69, 9.17) is 32.7 Å². The van der Waals surface area contributed by atoms with Gasteiger partial charge in [-0.1, -0.05) is 62.4 Å². The molecule has 2 aromatic heterocycles. The fourth-order valence-electron chi connectivity index (χ4n) is 3.58. The zero-order valence-electron chi connectivity index (χ0n) is 19.8. The molecular formula is C26H23BrCl2N2O4. The maximum Gasteiger partial charge on any atom is 0.341 e. The lowest BCUT2D eigenvalue weighted by molar-refractivity contribution is 0.0590. The number of alkyl halides is 1. The van der Waals surface area contributed by atoms with Crippen LogP contribution in [0, 0.1) is 20.8 Å². The van der Waals surface area contributed by atoms with E-state index in [1.165, 1.54) is 14.2 Å². The van der Waals surface area contributed by atoms with Crippen LogP contribution in [0.15, 0.2) is 36.4 Å². The summed E-state index contributed by atoms with van der Waals surface area (Å²) in [5.74, 6) is -0.922. The van der Waals surface area contributed by atoms with E-state index in [-0.39, 0.29) is 0 Å². The Balaban J connectivity index is 0.000000196. The number of carbonyl (C=O) groups is 2. The first kappa shape index (κ1) is 26.9. The summed E-state index contributed by atoms with van der Waals surface area (Å²) in [7, 11) is 2.66. The summed E-state index contributed by atoms with van der Waals surface area (Å²) < 4.78 is 9.47. The van der Waals surface area contributed by atoms with Gasteiger partial charge < -0.3 is 9.47 Å². The molecule has 0 radical (unpaired) electrons. The van der Waals surface area contributed by atoms with Crippen LogP contribution in [-0.4, -0.2) is 36.1 Å². The number of ether oxygens (including phenoxy) is 2. The summed E-state index contributed by atoms with van der Waals surface area (Å²) in [6.45, 7) is 5.68. The largest absolute Gasteiger partial charge is 0.465 e. The molecule has 6 nitrogen and oxygen atoms in total. The van der Waals surface area contributed by atoms with Crippen molar-refractivity contribution in [2.24, 2.45) is 0 Å². The number of nitrogens with zero attached hydrogens (tertiary/aromatic N) is 2. The van der Waals surface area contributed by atoms with Crippen LogP contribution in [0.4, 0.5) is 0 Å². The molecule has 0 saturated heterocycles. The fourth-order valence-corrected chi connectivity index (χ4v) is 4.69. The molecule has 0 spiro atoms. The van der Waals surface area contributed by atoms with Crippen molar-refractivity contribution < 1.29 is 19.1 Å². The average Bonchev–Trinajstić information content (AvgIpc) is 2.84. The zero-order chi connectivity index (χ0) is 25.9. The number of pyridine rings is 2. The van der Waals surface area contributed by atoms with E-state index in [0.29, 0.717) is 37.9 Å².